The first-order valence-electron chi connectivity index (χ1n) is 14.9. The molecule has 4 heterocycles. The Hall–Kier alpha value is -2.73. The summed E-state index contributed by atoms with van der Waals surface area (Å²) in [5.74, 6) is 3.25. The quantitative estimate of drug-likeness (QED) is 0.414. The fraction of sp³-hybridized carbons (Fsp3) is 0.594. The second kappa shape index (κ2) is 9.78. The van der Waals surface area contributed by atoms with Crippen LogP contribution in [0.5, 0.6) is 5.88 Å². The fourth-order valence-corrected chi connectivity index (χ4v) is 8.93. The molecular formula is C32H40N4O2. The number of aromatic nitrogens is 3. The summed E-state index contributed by atoms with van der Waals surface area (Å²) in [5.41, 5.74) is 2.77. The van der Waals surface area contributed by atoms with Crippen LogP contribution in [-0.2, 0) is 0 Å². The van der Waals surface area contributed by atoms with Crippen molar-refractivity contribution in [3.05, 3.63) is 52.8 Å². The van der Waals surface area contributed by atoms with Crippen LogP contribution in [0.15, 0.2) is 47.3 Å². The van der Waals surface area contributed by atoms with Gasteiger partial charge in [0.05, 0.1) is 23.8 Å². The van der Waals surface area contributed by atoms with Crippen LogP contribution in [0, 0.1) is 17.8 Å². The van der Waals surface area contributed by atoms with E-state index in [4.69, 9.17) is 9.72 Å². The molecule has 6 nitrogen and oxygen atoms in total. The highest BCUT2D eigenvalue weighted by Crippen LogP contribution is 2.48. The molecule has 6 heteroatoms. The van der Waals surface area contributed by atoms with E-state index in [1.54, 1.807) is 13.2 Å². The summed E-state index contributed by atoms with van der Waals surface area (Å²) in [6.07, 6.45) is 13.1. The van der Waals surface area contributed by atoms with Gasteiger partial charge < -0.3 is 9.30 Å². The third-order valence-corrected chi connectivity index (χ3v) is 10.1. The van der Waals surface area contributed by atoms with Gasteiger partial charge in [0.1, 0.15) is 0 Å². The van der Waals surface area contributed by atoms with Gasteiger partial charge in [-0.3, -0.25) is 9.69 Å². The van der Waals surface area contributed by atoms with E-state index in [2.05, 4.69) is 27.4 Å². The number of methoxy groups -OCH3 is 1. The summed E-state index contributed by atoms with van der Waals surface area (Å²) in [4.78, 5) is 26.5. The van der Waals surface area contributed by atoms with E-state index in [-0.39, 0.29) is 11.6 Å². The van der Waals surface area contributed by atoms with Gasteiger partial charge in [0, 0.05) is 30.2 Å². The van der Waals surface area contributed by atoms with E-state index >= 15 is 0 Å². The van der Waals surface area contributed by atoms with Crippen LogP contribution in [0.3, 0.4) is 0 Å². The lowest BCUT2D eigenvalue weighted by atomic mass is 9.65. The first kappa shape index (κ1) is 24.3. The zero-order valence-corrected chi connectivity index (χ0v) is 22.8. The molecule has 4 fully saturated rings. The number of piperidine rings is 2. The van der Waals surface area contributed by atoms with Gasteiger partial charge in [-0.1, -0.05) is 31.5 Å². The number of para-hydroxylation sites is 2. The van der Waals surface area contributed by atoms with Crippen molar-refractivity contribution >= 4 is 11.0 Å². The highest BCUT2D eigenvalue weighted by atomic mass is 16.5. The molecule has 2 aliphatic carbocycles. The van der Waals surface area contributed by atoms with Gasteiger partial charge in [-0.25, -0.2) is 9.97 Å². The van der Waals surface area contributed by atoms with Gasteiger partial charge in [-0.2, -0.15) is 0 Å². The van der Waals surface area contributed by atoms with Gasteiger partial charge in [-0.15, -0.1) is 0 Å². The fourth-order valence-electron chi connectivity index (χ4n) is 8.93. The number of benzene rings is 1. The van der Waals surface area contributed by atoms with E-state index < -0.39 is 0 Å². The Morgan fingerprint density at radius 1 is 0.789 bits per heavy atom. The Balaban J connectivity index is 1.24. The zero-order valence-electron chi connectivity index (χ0n) is 22.8. The average Bonchev–Trinajstić information content (AvgIpc) is 2.91. The topological polar surface area (TPSA) is 60.2 Å². The lowest BCUT2D eigenvalue weighted by Crippen LogP contribution is -2.58. The molecule has 2 aliphatic heterocycles. The molecule has 1 aromatic carbocycles. The van der Waals surface area contributed by atoms with Crippen LogP contribution >= 0.6 is 0 Å². The maximum Gasteiger partial charge on any atom is 0.279 e. The molecule has 7 rings (SSSR count). The second-order valence-corrected chi connectivity index (χ2v) is 12.7. The average molecular weight is 513 g/mol. The summed E-state index contributed by atoms with van der Waals surface area (Å²) in [5, 5.41) is 0. The standard InChI is InChI=1S/C32H40N4O2/c1-20-13-21-15-22(14-20)17-25(16-21)35-23-7-5-8-24(35)19-26(18-23)36-29-11-4-3-9-27(29)34-31(32(36)37)28-10-6-12-30(33-28)38-2/h3-4,6,9-12,20-26H,5,7-8,13-19H2,1-2H3/t20-,21-,22+,23-,24+,25+,26+. The molecule has 0 amide bonds. The minimum Gasteiger partial charge on any atom is -0.481 e. The van der Waals surface area contributed by atoms with Crippen molar-refractivity contribution in [1.82, 2.24) is 19.4 Å². The molecule has 0 radical (unpaired) electrons. The monoisotopic (exact) mass is 512 g/mol. The molecule has 4 aliphatic rings. The Morgan fingerprint density at radius 3 is 2.26 bits per heavy atom. The second-order valence-electron chi connectivity index (χ2n) is 12.7. The lowest BCUT2D eigenvalue weighted by Gasteiger charge is -2.55. The third-order valence-electron chi connectivity index (χ3n) is 10.1. The molecule has 0 unspecified atom stereocenters. The first-order chi connectivity index (χ1) is 18.6. The minimum absolute atomic E-state index is 0.0258. The highest BCUT2D eigenvalue weighted by molar-refractivity contribution is 5.77. The van der Waals surface area contributed by atoms with E-state index in [0.29, 0.717) is 29.4 Å². The van der Waals surface area contributed by atoms with Crippen molar-refractivity contribution in [3.8, 4) is 17.3 Å². The molecule has 0 N–H and O–H groups in total. The van der Waals surface area contributed by atoms with Crippen molar-refractivity contribution < 1.29 is 4.74 Å². The van der Waals surface area contributed by atoms with Crippen molar-refractivity contribution in [2.45, 2.75) is 95.3 Å². The summed E-state index contributed by atoms with van der Waals surface area (Å²) in [6.45, 7) is 2.46. The zero-order chi connectivity index (χ0) is 25.8. The summed E-state index contributed by atoms with van der Waals surface area (Å²) >= 11 is 0. The maximum atomic E-state index is 14.2. The number of hydrogen-bond acceptors (Lipinski definition) is 5. The molecule has 7 atom stereocenters. The lowest BCUT2D eigenvalue weighted by molar-refractivity contribution is -0.0524. The van der Waals surface area contributed by atoms with Crippen LogP contribution in [-0.4, -0.2) is 44.7 Å². The number of hydrogen-bond donors (Lipinski definition) is 0. The van der Waals surface area contributed by atoms with Crippen molar-refractivity contribution in [1.29, 1.82) is 0 Å². The van der Waals surface area contributed by atoms with Gasteiger partial charge in [-0.05, 0) is 93.7 Å². The van der Waals surface area contributed by atoms with Crippen molar-refractivity contribution in [3.63, 3.8) is 0 Å². The highest BCUT2D eigenvalue weighted by Gasteiger charge is 2.46. The SMILES string of the molecule is COc1cccc(-c2nc3ccccc3n([C@H]3C[C@H]4CCC[C@@H](C3)N4[C@H]3C[C@@H]4C[C@@H](C)C[C@@H](C4)C3)c2=O)n1. The van der Waals surface area contributed by atoms with Crippen LogP contribution in [0.25, 0.3) is 22.4 Å². The van der Waals surface area contributed by atoms with E-state index in [0.717, 1.165) is 47.7 Å². The smallest absolute Gasteiger partial charge is 0.279 e. The molecule has 4 bridgehead atoms. The van der Waals surface area contributed by atoms with Crippen LogP contribution in [0.2, 0.25) is 0 Å². The molecule has 2 saturated heterocycles. The van der Waals surface area contributed by atoms with Crippen LogP contribution < -0.4 is 10.3 Å². The van der Waals surface area contributed by atoms with Gasteiger partial charge in [0.25, 0.3) is 5.56 Å². The van der Waals surface area contributed by atoms with Crippen LogP contribution in [0.4, 0.5) is 0 Å². The molecule has 200 valence electrons. The summed E-state index contributed by atoms with van der Waals surface area (Å²) < 4.78 is 7.43. The molecule has 2 saturated carbocycles. The number of rotatable bonds is 4. The van der Waals surface area contributed by atoms with Gasteiger partial charge >= 0.3 is 0 Å². The number of nitrogens with zero attached hydrogens (tertiary/aromatic N) is 4. The molecule has 2 aromatic heterocycles. The first-order valence-corrected chi connectivity index (χ1v) is 14.9. The summed E-state index contributed by atoms with van der Waals surface area (Å²) in [6, 6.07) is 15.8. The molecule has 38 heavy (non-hydrogen) atoms. The Kier molecular flexibility index (Phi) is 6.26. The normalized spacial score (nSPS) is 33.3. The predicted molar refractivity (Wildman–Crippen MR) is 150 cm³/mol. The number of ether oxygens (including phenoxy) is 1. The van der Waals surface area contributed by atoms with Gasteiger partial charge in [0.2, 0.25) is 5.88 Å². The molecule has 3 aromatic rings. The Morgan fingerprint density at radius 2 is 1.53 bits per heavy atom. The van der Waals surface area contributed by atoms with Gasteiger partial charge in [0.15, 0.2) is 5.69 Å². The molecular weight excluding hydrogens is 472 g/mol. The van der Waals surface area contributed by atoms with Crippen molar-refractivity contribution in [2.24, 2.45) is 17.8 Å². The third kappa shape index (κ3) is 4.25. The minimum atomic E-state index is -0.0258. The molecule has 0 spiro atoms. The predicted octanol–water partition coefficient (Wildman–Crippen LogP) is 6.24. The number of fused-ring (bicyclic) bond motifs is 5. The van der Waals surface area contributed by atoms with E-state index in [1.165, 1.54) is 51.4 Å². The van der Waals surface area contributed by atoms with Crippen LogP contribution in [0.1, 0.15) is 77.2 Å². The summed E-state index contributed by atoms with van der Waals surface area (Å²) in [7, 11) is 1.60. The van der Waals surface area contributed by atoms with E-state index in [9.17, 15) is 4.79 Å². The van der Waals surface area contributed by atoms with E-state index in [1.807, 2.05) is 30.3 Å². The Labute approximate surface area is 225 Å². The Bertz CT molecular complexity index is 1350. The largest absolute Gasteiger partial charge is 0.481 e. The maximum absolute atomic E-state index is 14.2. The number of pyridine rings is 1. The van der Waals surface area contributed by atoms with Crippen molar-refractivity contribution in [2.75, 3.05) is 7.11 Å².